The maximum absolute atomic E-state index is 14.1. The van der Waals surface area contributed by atoms with Crippen molar-refractivity contribution in [2.75, 3.05) is 17.4 Å². The molecular formula is C32H41N3O4S. The predicted octanol–water partition coefficient (Wildman–Crippen LogP) is 5.31. The van der Waals surface area contributed by atoms with Gasteiger partial charge in [0.25, 0.3) is 10.0 Å². The Morgan fingerprint density at radius 3 is 2.08 bits per heavy atom. The van der Waals surface area contributed by atoms with Crippen LogP contribution in [0.1, 0.15) is 48.6 Å². The van der Waals surface area contributed by atoms with Crippen molar-refractivity contribution in [2.24, 2.45) is 5.92 Å². The van der Waals surface area contributed by atoms with Crippen LogP contribution in [-0.4, -0.2) is 44.3 Å². The van der Waals surface area contributed by atoms with Crippen molar-refractivity contribution in [1.29, 1.82) is 0 Å². The van der Waals surface area contributed by atoms with Crippen LogP contribution in [-0.2, 0) is 26.2 Å². The number of hydrogen-bond acceptors (Lipinski definition) is 4. The molecule has 3 aromatic carbocycles. The lowest BCUT2D eigenvalue weighted by Gasteiger charge is -2.33. The third kappa shape index (κ3) is 7.50. The number of aryl methyl sites for hydroxylation is 4. The topological polar surface area (TPSA) is 86.8 Å². The molecule has 214 valence electrons. The van der Waals surface area contributed by atoms with Gasteiger partial charge in [0.1, 0.15) is 12.6 Å². The van der Waals surface area contributed by atoms with Crippen LogP contribution in [0.4, 0.5) is 5.69 Å². The Bertz CT molecular complexity index is 1450. The van der Waals surface area contributed by atoms with Crippen molar-refractivity contribution in [3.63, 3.8) is 0 Å². The third-order valence-corrected chi connectivity index (χ3v) is 8.75. The lowest BCUT2D eigenvalue weighted by molar-refractivity contribution is -0.139. The van der Waals surface area contributed by atoms with Crippen molar-refractivity contribution in [3.05, 3.63) is 94.5 Å². The highest BCUT2D eigenvalue weighted by molar-refractivity contribution is 7.92. The molecule has 40 heavy (non-hydrogen) atoms. The second-order valence-electron chi connectivity index (χ2n) is 10.9. The maximum atomic E-state index is 14.1. The first-order valence-corrected chi connectivity index (χ1v) is 15.0. The molecule has 0 radical (unpaired) electrons. The van der Waals surface area contributed by atoms with Crippen LogP contribution >= 0.6 is 0 Å². The number of carbonyl (C=O) groups is 2. The summed E-state index contributed by atoms with van der Waals surface area (Å²) in [7, 11) is -4.10. The van der Waals surface area contributed by atoms with E-state index >= 15 is 0 Å². The van der Waals surface area contributed by atoms with Gasteiger partial charge in [0.2, 0.25) is 11.8 Å². The molecule has 3 aromatic rings. The minimum Gasteiger partial charge on any atom is -0.354 e. The van der Waals surface area contributed by atoms with Crippen LogP contribution < -0.4 is 9.62 Å². The molecule has 2 amide bonds. The number of anilines is 1. The Morgan fingerprint density at radius 1 is 0.825 bits per heavy atom. The predicted molar refractivity (Wildman–Crippen MR) is 161 cm³/mol. The van der Waals surface area contributed by atoms with Crippen molar-refractivity contribution >= 4 is 27.5 Å². The van der Waals surface area contributed by atoms with Gasteiger partial charge in [-0.1, -0.05) is 67.9 Å². The number of amides is 2. The van der Waals surface area contributed by atoms with Gasteiger partial charge < -0.3 is 10.2 Å². The van der Waals surface area contributed by atoms with Crippen LogP contribution in [0.15, 0.2) is 71.6 Å². The smallest absolute Gasteiger partial charge is 0.264 e. The molecule has 0 fully saturated rings. The molecule has 0 heterocycles. The molecule has 1 unspecified atom stereocenters. The van der Waals surface area contributed by atoms with Gasteiger partial charge in [0.05, 0.1) is 10.6 Å². The molecule has 8 heteroatoms. The van der Waals surface area contributed by atoms with E-state index in [-0.39, 0.29) is 23.3 Å². The molecule has 1 atom stereocenters. The number of nitrogens with zero attached hydrogens (tertiary/aromatic N) is 2. The zero-order valence-corrected chi connectivity index (χ0v) is 25.4. The van der Waals surface area contributed by atoms with Gasteiger partial charge in [-0.2, -0.15) is 0 Å². The van der Waals surface area contributed by atoms with Gasteiger partial charge >= 0.3 is 0 Å². The third-order valence-electron chi connectivity index (χ3n) is 6.97. The number of sulfonamides is 1. The summed E-state index contributed by atoms with van der Waals surface area (Å²) >= 11 is 0. The first-order chi connectivity index (χ1) is 18.8. The zero-order valence-electron chi connectivity index (χ0n) is 24.6. The monoisotopic (exact) mass is 563 g/mol. The largest absolute Gasteiger partial charge is 0.354 e. The van der Waals surface area contributed by atoms with E-state index in [9.17, 15) is 18.0 Å². The van der Waals surface area contributed by atoms with Gasteiger partial charge in [-0.25, -0.2) is 8.42 Å². The highest BCUT2D eigenvalue weighted by Crippen LogP contribution is 2.29. The average molecular weight is 564 g/mol. The number of benzene rings is 3. The number of hydrogen-bond donors (Lipinski definition) is 1. The summed E-state index contributed by atoms with van der Waals surface area (Å²) < 4.78 is 29.2. The van der Waals surface area contributed by atoms with E-state index in [0.717, 1.165) is 27.8 Å². The van der Waals surface area contributed by atoms with Crippen LogP contribution in [0.2, 0.25) is 0 Å². The summed E-state index contributed by atoms with van der Waals surface area (Å²) in [5.74, 6) is -0.501. The fourth-order valence-electron chi connectivity index (χ4n) is 4.34. The van der Waals surface area contributed by atoms with Crippen molar-refractivity contribution in [3.8, 4) is 0 Å². The second-order valence-corrected chi connectivity index (χ2v) is 12.7. The molecule has 0 spiro atoms. The number of nitrogens with one attached hydrogen (secondary N) is 1. The molecule has 1 N–H and O–H groups in total. The summed E-state index contributed by atoms with van der Waals surface area (Å²) in [6.07, 6.45) is 0. The minimum absolute atomic E-state index is 0.0972. The number of rotatable bonds is 11. The fourth-order valence-corrected chi connectivity index (χ4v) is 5.82. The van der Waals surface area contributed by atoms with Gasteiger partial charge in [-0.05, 0) is 81.0 Å². The maximum Gasteiger partial charge on any atom is 0.264 e. The van der Waals surface area contributed by atoms with E-state index in [1.54, 1.807) is 37.3 Å². The van der Waals surface area contributed by atoms with Gasteiger partial charge in [-0.3, -0.25) is 13.9 Å². The van der Waals surface area contributed by atoms with E-state index in [0.29, 0.717) is 12.2 Å². The normalized spacial score (nSPS) is 12.2. The Kier molecular flexibility index (Phi) is 10.1. The summed E-state index contributed by atoms with van der Waals surface area (Å²) in [6.45, 7) is 13.4. The summed E-state index contributed by atoms with van der Waals surface area (Å²) in [6, 6.07) is 19.0. The molecule has 7 nitrogen and oxygen atoms in total. The minimum atomic E-state index is -4.10. The molecule has 3 rings (SSSR count). The lowest BCUT2D eigenvalue weighted by Crippen LogP contribution is -2.51. The van der Waals surface area contributed by atoms with E-state index in [1.807, 2.05) is 77.9 Å². The molecule has 0 aliphatic rings. The quantitative estimate of drug-likeness (QED) is 0.343. The summed E-state index contributed by atoms with van der Waals surface area (Å²) in [4.78, 5) is 28.8. The average Bonchev–Trinajstić information content (AvgIpc) is 2.91. The Morgan fingerprint density at radius 2 is 1.45 bits per heavy atom. The molecular weight excluding hydrogens is 522 g/mol. The summed E-state index contributed by atoms with van der Waals surface area (Å²) in [5, 5.41) is 2.92. The molecule has 0 aliphatic heterocycles. The van der Waals surface area contributed by atoms with Crippen molar-refractivity contribution in [2.45, 2.75) is 65.9 Å². The Labute approximate surface area is 239 Å². The highest BCUT2D eigenvalue weighted by Gasteiger charge is 2.33. The van der Waals surface area contributed by atoms with Crippen LogP contribution in [0.25, 0.3) is 0 Å². The standard InChI is InChI=1S/C32H41N3O4S/c1-22(2)19-33-32(37)27(7)34(20-28-11-9-8-10-25(28)5)31(36)21-35(30-18-24(4)12-15-26(30)6)40(38,39)29-16-13-23(3)14-17-29/h8-18,22,27H,19-21H2,1-7H3,(H,33,37). The molecule has 0 saturated heterocycles. The van der Waals surface area contributed by atoms with E-state index in [1.165, 1.54) is 9.21 Å². The van der Waals surface area contributed by atoms with Gasteiger partial charge in [-0.15, -0.1) is 0 Å². The molecule has 0 saturated carbocycles. The van der Waals surface area contributed by atoms with Gasteiger partial charge in [0, 0.05) is 13.1 Å². The Hall–Kier alpha value is -3.65. The SMILES string of the molecule is Cc1ccc(S(=O)(=O)N(CC(=O)N(Cc2ccccc2C)C(C)C(=O)NCC(C)C)c2cc(C)ccc2C)cc1. The molecule has 0 aliphatic carbocycles. The molecule has 0 bridgehead atoms. The molecule has 0 aromatic heterocycles. The lowest BCUT2D eigenvalue weighted by atomic mass is 10.1. The van der Waals surface area contributed by atoms with Crippen LogP contribution in [0.5, 0.6) is 0 Å². The van der Waals surface area contributed by atoms with Gasteiger partial charge in [0.15, 0.2) is 0 Å². The fraction of sp³-hybridized carbons (Fsp3) is 0.375. The highest BCUT2D eigenvalue weighted by atomic mass is 32.2. The van der Waals surface area contributed by atoms with E-state index in [2.05, 4.69) is 5.32 Å². The first-order valence-electron chi connectivity index (χ1n) is 13.6. The zero-order chi connectivity index (χ0) is 29.6. The first kappa shape index (κ1) is 30.9. The van der Waals surface area contributed by atoms with Crippen LogP contribution in [0, 0.1) is 33.6 Å². The van der Waals surface area contributed by atoms with E-state index in [4.69, 9.17) is 0 Å². The number of carbonyl (C=O) groups excluding carboxylic acids is 2. The van der Waals surface area contributed by atoms with Crippen molar-refractivity contribution < 1.29 is 18.0 Å². The van der Waals surface area contributed by atoms with Crippen molar-refractivity contribution in [1.82, 2.24) is 10.2 Å². The summed E-state index contributed by atoms with van der Waals surface area (Å²) in [5.41, 5.74) is 4.83. The van der Waals surface area contributed by atoms with Crippen LogP contribution in [0.3, 0.4) is 0 Å². The Balaban J connectivity index is 2.07. The van der Waals surface area contributed by atoms with E-state index < -0.39 is 28.5 Å². The second kappa shape index (κ2) is 13.1.